The maximum atomic E-state index is 11.1. The van der Waals surface area contributed by atoms with Crippen LogP contribution in [0.4, 0.5) is 0 Å². The van der Waals surface area contributed by atoms with E-state index in [1.807, 2.05) is 0 Å². The fourth-order valence-electron chi connectivity index (χ4n) is 1.93. The van der Waals surface area contributed by atoms with E-state index in [1.54, 1.807) is 4.90 Å². The fraction of sp³-hybridized carbons (Fsp3) is 0.750. The summed E-state index contributed by atoms with van der Waals surface area (Å²) < 4.78 is 5.23. The number of morpholine rings is 1. The van der Waals surface area contributed by atoms with Gasteiger partial charge in [0.1, 0.15) is 5.92 Å². The van der Waals surface area contributed by atoms with E-state index in [4.69, 9.17) is 9.84 Å². The highest BCUT2D eigenvalue weighted by Crippen LogP contribution is 2.41. The number of rotatable bonds is 1. The number of hydrogen-bond donors (Lipinski definition) is 1. The molecule has 3 atom stereocenters. The average molecular weight is 185 g/mol. The van der Waals surface area contributed by atoms with Crippen molar-refractivity contribution in [2.24, 2.45) is 5.92 Å². The number of amides is 1. The van der Waals surface area contributed by atoms with E-state index in [9.17, 15) is 9.59 Å². The molecule has 5 heteroatoms. The largest absolute Gasteiger partial charge is 0.481 e. The summed E-state index contributed by atoms with van der Waals surface area (Å²) in [6, 6.07) is -0.219. The number of aliphatic carboxylic acids is 1. The summed E-state index contributed by atoms with van der Waals surface area (Å²) in [5.74, 6) is -1.45. The summed E-state index contributed by atoms with van der Waals surface area (Å²) in [5.41, 5.74) is 0. The first-order chi connectivity index (χ1) is 6.13. The Balaban J connectivity index is 2.10. The number of nitrogens with zero attached hydrogens (tertiary/aromatic N) is 1. The molecule has 1 aliphatic heterocycles. The zero-order valence-corrected chi connectivity index (χ0v) is 7.27. The first-order valence-electron chi connectivity index (χ1n) is 4.24. The topological polar surface area (TPSA) is 66.8 Å². The Kier molecular flexibility index (Phi) is 1.76. The van der Waals surface area contributed by atoms with Gasteiger partial charge >= 0.3 is 5.97 Å². The van der Waals surface area contributed by atoms with Crippen LogP contribution in [0.1, 0.15) is 6.92 Å². The molecule has 0 aromatic rings. The summed E-state index contributed by atoms with van der Waals surface area (Å²) in [5, 5.41) is 8.77. The minimum atomic E-state index is -0.872. The quantitative estimate of drug-likeness (QED) is 0.587. The van der Waals surface area contributed by atoms with Crippen molar-refractivity contribution in [3.8, 4) is 0 Å². The predicted octanol–water partition coefficient (Wildman–Crippen LogP) is -0.683. The first-order valence-corrected chi connectivity index (χ1v) is 4.24. The molecular weight excluding hydrogens is 174 g/mol. The Bertz CT molecular complexity index is 265. The van der Waals surface area contributed by atoms with Crippen molar-refractivity contribution in [1.29, 1.82) is 0 Å². The minimum Gasteiger partial charge on any atom is -0.481 e. The Morgan fingerprint density at radius 3 is 2.77 bits per heavy atom. The van der Waals surface area contributed by atoms with Gasteiger partial charge in [-0.2, -0.15) is 0 Å². The molecular formula is C8H11NO4. The van der Waals surface area contributed by atoms with Crippen LogP contribution >= 0.6 is 0 Å². The third-order valence-corrected chi connectivity index (χ3v) is 2.61. The second kappa shape index (κ2) is 2.70. The number of carbonyl (C=O) groups excluding carboxylic acids is 1. The van der Waals surface area contributed by atoms with Gasteiger partial charge in [0.25, 0.3) is 0 Å². The van der Waals surface area contributed by atoms with Gasteiger partial charge in [-0.15, -0.1) is 0 Å². The van der Waals surface area contributed by atoms with Crippen LogP contribution in [0.2, 0.25) is 0 Å². The van der Waals surface area contributed by atoms with Crippen molar-refractivity contribution in [2.75, 3.05) is 13.2 Å². The lowest BCUT2D eigenvalue weighted by Crippen LogP contribution is -2.40. The number of carbonyl (C=O) groups is 2. The highest BCUT2D eigenvalue weighted by atomic mass is 16.5. The van der Waals surface area contributed by atoms with Crippen LogP contribution < -0.4 is 0 Å². The van der Waals surface area contributed by atoms with E-state index >= 15 is 0 Å². The third kappa shape index (κ3) is 1.19. The molecule has 5 nitrogen and oxygen atoms in total. The molecule has 1 aliphatic carbocycles. The van der Waals surface area contributed by atoms with E-state index in [1.165, 1.54) is 6.92 Å². The van der Waals surface area contributed by atoms with Gasteiger partial charge < -0.3 is 14.7 Å². The predicted molar refractivity (Wildman–Crippen MR) is 42.0 cm³/mol. The normalized spacial score (nSPS) is 36.7. The van der Waals surface area contributed by atoms with Crippen LogP contribution in [0.5, 0.6) is 0 Å². The number of hydrogen-bond acceptors (Lipinski definition) is 3. The van der Waals surface area contributed by atoms with E-state index < -0.39 is 11.9 Å². The highest BCUT2D eigenvalue weighted by Gasteiger charge is 2.61. The Labute approximate surface area is 75.3 Å². The summed E-state index contributed by atoms with van der Waals surface area (Å²) >= 11 is 0. The van der Waals surface area contributed by atoms with Crippen molar-refractivity contribution < 1.29 is 19.4 Å². The van der Waals surface area contributed by atoms with Gasteiger partial charge in [0.15, 0.2) is 0 Å². The van der Waals surface area contributed by atoms with Crippen molar-refractivity contribution in [2.45, 2.75) is 19.1 Å². The van der Waals surface area contributed by atoms with Gasteiger partial charge in [-0.1, -0.05) is 0 Å². The second-order valence-corrected chi connectivity index (χ2v) is 3.40. The number of carboxylic acid groups (broad SMARTS) is 1. The van der Waals surface area contributed by atoms with Gasteiger partial charge in [0.05, 0.1) is 18.8 Å². The molecule has 2 fully saturated rings. The van der Waals surface area contributed by atoms with Crippen LogP contribution in [0, 0.1) is 5.92 Å². The van der Waals surface area contributed by atoms with E-state index in [0.29, 0.717) is 13.2 Å². The Morgan fingerprint density at radius 2 is 2.23 bits per heavy atom. The first kappa shape index (κ1) is 8.50. The molecule has 3 unspecified atom stereocenters. The number of fused-ring (bicyclic) bond motifs is 1. The molecule has 0 aromatic carbocycles. The summed E-state index contributed by atoms with van der Waals surface area (Å²) in [6.45, 7) is 2.42. The molecule has 2 rings (SSSR count). The molecule has 72 valence electrons. The van der Waals surface area contributed by atoms with Crippen LogP contribution in [0.25, 0.3) is 0 Å². The lowest BCUT2D eigenvalue weighted by Gasteiger charge is -2.24. The smallest absolute Gasteiger partial charge is 0.311 e. The molecule has 0 bridgehead atoms. The molecule has 0 spiro atoms. The van der Waals surface area contributed by atoms with Crippen LogP contribution in [-0.4, -0.2) is 47.2 Å². The third-order valence-electron chi connectivity index (χ3n) is 2.61. The van der Waals surface area contributed by atoms with Gasteiger partial charge in [0, 0.05) is 13.5 Å². The zero-order chi connectivity index (χ0) is 9.59. The molecule has 1 N–H and O–H groups in total. The SMILES string of the molecule is CC(=O)N1CCOC2C(C(=O)O)C21. The number of ether oxygens (including phenoxy) is 1. The van der Waals surface area contributed by atoms with Gasteiger partial charge in [-0.05, 0) is 0 Å². The summed E-state index contributed by atoms with van der Waals surface area (Å²) in [6.07, 6.45) is -0.268. The van der Waals surface area contributed by atoms with Crippen LogP contribution in [0.3, 0.4) is 0 Å². The highest BCUT2D eigenvalue weighted by molar-refractivity contribution is 5.80. The number of carboxylic acids is 1. The maximum Gasteiger partial charge on any atom is 0.311 e. The molecule has 1 heterocycles. The maximum absolute atomic E-state index is 11.1. The molecule has 1 amide bonds. The monoisotopic (exact) mass is 185 g/mol. The van der Waals surface area contributed by atoms with E-state index in [2.05, 4.69) is 0 Å². The zero-order valence-electron chi connectivity index (χ0n) is 7.27. The van der Waals surface area contributed by atoms with Crippen molar-refractivity contribution in [3.63, 3.8) is 0 Å². The molecule has 0 radical (unpaired) electrons. The Morgan fingerprint density at radius 1 is 1.54 bits per heavy atom. The molecule has 0 aromatic heterocycles. The van der Waals surface area contributed by atoms with Gasteiger partial charge in [-0.3, -0.25) is 9.59 Å². The summed E-state index contributed by atoms with van der Waals surface area (Å²) in [7, 11) is 0. The van der Waals surface area contributed by atoms with E-state index in [0.717, 1.165) is 0 Å². The molecule has 1 saturated heterocycles. The van der Waals surface area contributed by atoms with Crippen LogP contribution in [-0.2, 0) is 14.3 Å². The van der Waals surface area contributed by atoms with Crippen LogP contribution in [0.15, 0.2) is 0 Å². The standard InChI is InChI=1S/C8H11NO4/c1-4(10)9-2-3-13-7-5(6(7)9)8(11)12/h5-7H,2-3H2,1H3,(H,11,12). The van der Waals surface area contributed by atoms with Crippen molar-refractivity contribution >= 4 is 11.9 Å². The lowest BCUT2D eigenvalue weighted by atomic mass is 10.3. The second-order valence-electron chi connectivity index (χ2n) is 3.40. The fourth-order valence-corrected chi connectivity index (χ4v) is 1.93. The Hall–Kier alpha value is -1.10. The molecule has 1 saturated carbocycles. The lowest BCUT2D eigenvalue weighted by molar-refractivity contribution is -0.139. The van der Waals surface area contributed by atoms with Gasteiger partial charge in [-0.25, -0.2) is 0 Å². The van der Waals surface area contributed by atoms with Crippen molar-refractivity contribution in [3.05, 3.63) is 0 Å². The average Bonchev–Trinajstić information content (AvgIpc) is 2.76. The molecule has 2 aliphatic rings. The molecule has 13 heavy (non-hydrogen) atoms. The van der Waals surface area contributed by atoms with Crippen molar-refractivity contribution in [1.82, 2.24) is 4.90 Å². The van der Waals surface area contributed by atoms with Gasteiger partial charge in [0.2, 0.25) is 5.91 Å². The van der Waals surface area contributed by atoms with E-state index in [-0.39, 0.29) is 18.1 Å². The minimum absolute atomic E-state index is 0.0675. The summed E-state index contributed by atoms with van der Waals surface area (Å²) in [4.78, 5) is 23.3.